The van der Waals surface area contributed by atoms with E-state index in [2.05, 4.69) is 10.6 Å². The molecular weight excluding hydrogens is 252 g/mol. The lowest BCUT2D eigenvalue weighted by atomic mass is 10.3. The zero-order valence-electron chi connectivity index (χ0n) is 8.94. The fourth-order valence-electron chi connectivity index (χ4n) is 1.56. The lowest BCUT2D eigenvalue weighted by molar-refractivity contribution is -0.125. The normalized spacial score (nSPS) is 29.5. The fourth-order valence-corrected chi connectivity index (χ4v) is 2.50. The first-order valence-corrected chi connectivity index (χ1v) is 6.30. The van der Waals surface area contributed by atoms with Crippen LogP contribution in [0.2, 0.25) is 0 Å². The Balaban J connectivity index is 0.00000128. The summed E-state index contributed by atoms with van der Waals surface area (Å²) >= 11 is 1.74. The van der Waals surface area contributed by atoms with Crippen LogP contribution in [0.15, 0.2) is 0 Å². The maximum atomic E-state index is 11.6. The molecule has 1 amide bonds. The molecule has 0 aromatic heterocycles. The van der Waals surface area contributed by atoms with Gasteiger partial charge in [-0.25, -0.2) is 0 Å². The number of hydrogen-bond donors (Lipinski definition) is 2. The van der Waals surface area contributed by atoms with Gasteiger partial charge in [0.2, 0.25) is 5.91 Å². The molecule has 7 heteroatoms. The molecule has 1 unspecified atom stereocenters. The smallest absolute Gasteiger partial charge is 0.238 e. The van der Waals surface area contributed by atoms with Crippen molar-refractivity contribution in [3.8, 4) is 0 Å². The molecule has 0 aromatic carbocycles. The monoisotopic (exact) mass is 268 g/mol. The summed E-state index contributed by atoms with van der Waals surface area (Å²) in [4.78, 5) is 11.6. The first kappa shape index (κ1) is 14.1. The molecule has 2 rings (SSSR count). The van der Waals surface area contributed by atoms with Crippen LogP contribution in [-0.4, -0.2) is 56.0 Å². The Labute approximate surface area is 105 Å². The van der Waals surface area contributed by atoms with Gasteiger partial charge in [0.05, 0.1) is 32.0 Å². The van der Waals surface area contributed by atoms with E-state index in [9.17, 15) is 4.79 Å². The SMILES string of the molecule is Cl.O=C(NCC1COCCO1)[C@H]1CSCN1. The highest BCUT2D eigenvalue weighted by atomic mass is 35.5. The molecule has 2 aliphatic heterocycles. The summed E-state index contributed by atoms with van der Waals surface area (Å²) in [6.45, 7) is 2.40. The molecule has 0 aromatic rings. The topological polar surface area (TPSA) is 59.6 Å². The zero-order chi connectivity index (χ0) is 10.5. The molecule has 0 saturated carbocycles. The lowest BCUT2D eigenvalue weighted by Gasteiger charge is -2.23. The van der Waals surface area contributed by atoms with Crippen LogP contribution < -0.4 is 10.6 Å². The van der Waals surface area contributed by atoms with Crippen molar-refractivity contribution in [2.45, 2.75) is 12.1 Å². The molecule has 5 nitrogen and oxygen atoms in total. The van der Waals surface area contributed by atoms with E-state index >= 15 is 0 Å². The maximum absolute atomic E-state index is 11.6. The van der Waals surface area contributed by atoms with E-state index in [4.69, 9.17) is 9.47 Å². The van der Waals surface area contributed by atoms with E-state index in [1.165, 1.54) is 0 Å². The van der Waals surface area contributed by atoms with Gasteiger partial charge in [-0.2, -0.15) is 0 Å². The van der Waals surface area contributed by atoms with Gasteiger partial charge in [0.15, 0.2) is 0 Å². The van der Waals surface area contributed by atoms with Crippen LogP contribution in [0.25, 0.3) is 0 Å². The highest BCUT2D eigenvalue weighted by Crippen LogP contribution is 2.09. The molecule has 0 spiro atoms. The summed E-state index contributed by atoms with van der Waals surface area (Å²) in [6.07, 6.45) is 0.0109. The van der Waals surface area contributed by atoms with Gasteiger partial charge >= 0.3 is 0 Å². The second-order valence-electron chi connectivity index (χ2n) is 3.58. The van der Waals surface area contributed by atoms with Crippen LogP contribution in [0.3, 0.4) is 0 Å². The minimum atomic E-state index is -0.0421. The maximum Gasteiger partial charge on any atom is 0.238 e. The highest BCUT2D eigenvalue weighted by Gasteiger charge is 2.23. The third-order valence-electron chi connectivity index (χ3n) is 2.42. The number of halogens is 1. The highest BCUT2D eigenvalue weighted by molar-refractivity contribution is 7.99. The number of nitrogens with one attached hydrogen (secondary N) is 2. The van der Waals surface area contributed by atoms with Gasteiger partial charge in [-0.3, -0.25) is 10.1 Å². The molecule has 94 valence electrons. The summed E-state index contributed by atoms with van der Waals surface area (Å²) in [5.74, 6) is 1.78. The van der Waals surface area contributed by atoms with E-state index < -0.39 is 0 Å². The van der Waals surface area contributed by atoms with Gasteiger partial charge in [-0.05, 0) is 0 Å². The standard InChI is InChI=1S/C9H16N2O3S.ClH/c12-9(8-5-15-6-11-8)10-3-7-4-13-1-2-14-7;/h7-8,11H,1-6H2,(H,10,12);1H/t7?,8-;/m1./s1. The van der Waals surface area contributed by atoms with E-state index in [0.717, 1.165) is 11.6 Å². The minimum absolute atomic E-state index is 0. The van der Waals surface area contributed by atoms with Crippen molar-refractivity contribution in [2.75, 3.05) is 38.0 Å². The summed E-state index contributed by atoms with van der Waals surface area (Å²) in [6, 6.07) is -0.0421. The van der Waals surface area contributed by atoms with Crippen molar-refractivity contribution in [2.24, 2.45) is 0 Å². The van der Waals surface area contributed by atoms with Gasteiger partial charge < -0.3 is 14.8 Å². The van der Waals surface area contributed by atoms with Gasteiger partial charge in [-0.1, -0.05) is 0 Å². The number of ether oxygens (including phenoxy) is 2. The summed E-state index contributed by atoms with van der Waals surface area (Å²) < 4.78 is 10.7. The zero-order valence-corrected chi connectivity index (χ0v) is 10.6. The van der Waals surface area contributed by atoms with Crippen LogP contribution >= 0.6 is 24.2 Å². The van der Waals surface area contributed by atoms with Crippen molar-refractivity contribution in [1.29, 1.82) is 0 Å². The fraction of sp³-hybridized carbons (Fsp3) is 0.889. The summed E-state index contributed by atoms with van der Waals surface area (Å²) in [5, 5.41) is 6.00. The summed E-state index contributed by atoms with van der Waals surface area (Å²) in [7, 11) is 0. The van der Waals surface area contributed by atoms with Crippen molar-refractivity contribution in [3.05, 3.63) is 0 Å². The lowest BCUT2D eigenvalue weighted by Crippen LogP contribution is -2.46. The molecule has 2 heterocycles. The van der Waals surface area contributed by atoms with Crippen LogP contribution in [0, 0.1) is 0 Å². The third-order valence-corrected chi connectivity index (χ3v) is 3.36. The second kappa shape index (κ2) is 7.34. The van der Waals surface area contributed by atoms with Crippen LogP contribution in [0.4, 0.5) is 0 Å². The minimum Gasteiger partial charge on any atom is -0.376 e. The van der Waals surface area contributed by atoms with Gasteiger partial charge in [0.25, 0.3) is 0 Å². The van der Waals surface area contributed by atoms with Crippen LogP contribution in [0.1, 0.15) is 0 Å². The molecule has 0 aliphatic carbocycles. The molecule has 0 bridgehead atoms. The molecule has 2 N–H and O–H groups in total. The van der Waals surface area contributed by atoms with Gasteiger partial charge in [-0.15, -0.1) is 24.2 Å². The Bertz CT molecular complexity index is 221. The average molecular weight is 269 g/mol. The van der Waals surface area contributed by atoms with Crippen LogP contribution in [-0.2, 0) is 14.3 Å². The summed E-state index contributed by atoms with van der Waals surface area (Å²) in [5.41, 5.74) is 0. The van der Waals surface area contributed by atoms with E-state index in [1.807, 2.05) is 0 Å². The molecule has 2 aliphatic rings. The van der Waals surface area contributed by atoms with Crippen molar-refractivity contribution >= 4 is 30.1 Å². The van der Waals surface area contributed by atoms with Gasteiger partial charge in [0, 0.05) is 18.2 Å². The molecule has 2 saturated heterocycles. The Hall–Kier alpha value is -0.0100. The largest absolute Gasteiger partial charge is 0.376 e. The Morgan fingerprint density at radius 2 is 2.38 bits per heavy atom. The van der Waals surface area contributed by atoms with Crippen molar-refractivity contribution in [1.82, 2.24) is 10.6 Å². The Morgan fingerprint density at radius 3 is 3.00 bits per heavy atom. The molecule has 16 heavy (non-hydrogen) atoms. The first-order valence-electron chi connectivity index (χ1n) is 5.14. The van der Waals surface area contributed by atoms with E-state index in [1.54, 1.807) is 11.8 Å². The number of carbonyl (C=O) groups is 1. The van der Waals surface area contributed by atoms with Crippen molar-refractivity contribution in [3.63, 3.8) is 0 Å². The first-order chi connectivity index (χ1) is 7.36. The Kier molecular flexibility index (Phi) is 6.45. The van der Waals surface area contributed by atoms with Crippen molar-refractivity contribution < 1.29 is 14.3 Å². The second-order valence-corrected chi connectivity index (χ2v) is 4.61. The number of carbonyl (C=O) groups excluding carboxylic acids is 1. The Morgan fingerprint density at radius 1 is 1.50 bits per heavy atom. The number of amides is 1. The van der Waals surface area contributed by atoms with Crippen LogP contribution in [0.5, 0.6) is 0 Å². The molecule has 2 fully saturated rings. The molecule has 0 radical (unpaired) electrons. The number of thioether (sulfide) groups is 1. The molecular formula is C9H17ClN2O3S. The van der Waals surface area contributed by atoms with E-state index in [-0.39, 0.29) is 30.5 Å². The van der Waals surface area contributed by atoms with E-state index in [0.29, 0.717) is 26.4 Å². The predicted molar refractivity (Wildman–Crippen MR) is 65.1 cm³/mol. The quantitative estimate of drug-likeness (QED) is 0.730. The molecule has 2 atom stereocenters. The number of hydrogen-bond acceptors (Lipinski definition) is 5. The predicted octanol–water partition coefficient (Wildman–Crippen LogP) is -0.398. The average Bonchev–Trinajstić information content (AvgIpc) is 2.81. The van der Waals surface area contributed by atoms with Gasteiger partial charge in [0.1, 0.15) is 0 Å². The number of rotatable bonds is 3. The third kappa shape index (κ3) is 4.10.